The number of ether oxygens (including phenoxy) is 1. The molecule has 0 aromatic heterocycles. The summed E-state index contributed by atoms with van der Waals surface area (Å²) in [5.41, 5.74) is 1.27. The maximum atomic E-state index is 5.88. The van der Waals surface area contributed by atoms with Crippen molar-refractivity contribution in [2.24, 2.45) is 0 Å². The molecule has 84 valence electrons. The zero-order valence-corrected chi connectivity index (χ0v) is 9.91. The van der Waals surface area contributed by atoms with Gasteiger partial charge in [0, 0.05) is 0 Å². The highest BCUT2D eigenvalue weighted by atomic mass is 16.5. The first kappa shape index (κ1) is 12.3. The summed E-state index contributed by atoms with van der Waals surface area (Å²) in [7, 11) is 0. The molecule has 0 aliphatic carbocycles. The monoisotopic (exact) mass is 206 g/mol. The number of rotatable bonds is 7. The van der Waals surface area contributed by atoms with Gasteiger partial charge in [-0.3, -0.25) is 0 Å². The van der Waals surface area contributed by atoms with Crippen molar-refractivity contribution in [3.8, 4) is 0 Å². The van der Waals surface area contributed by atoms with E-state index in [4.69, 9.17) is 4.74 Å². The van der Waals surface area contributed by atoms with E-state index >= 15 is 0 Å². The van der Waals surface area contributed by atoms with Crippen LogP contribution in [0, 0.1) is 0 Å². The highest BCUT2D eigenvalue weighted by Crippen LogP contribution is 2.11. The quantitative estimate of drug-likeness (QED) is 0.650. The molecule has 0 bridgehead atoms. The van der Waals surface area contributed by atoms with E-state index in [1.54, 1.807) is 0 Å². The first-order valence-electron chi connectivity index (χ1n) is 6.02. The Morgan fingerprint density at radius 2 is 1.87 bits per heavy atom. The van der Waals surface area contributed by atoms with Gasteiger partial charge in [-0.15, -0.1) is 0 Å². The van der Waals surface area contributed by atoms with Crippen LogP contribution < -0.4 is 0 Å². The molecule has 15 heavy (non-hydrogen) atoms. The van der Waals surface area contributed by atoms with Gasteiger partial charge in [0.05, 0.1) is 12.7 Å². The molecule has 0 aliphatic rings. The molecule has 0 fully saturated rings. The molecule has 0 heterocycles. The van der Waals surface area contributed by atoms with E-state index in [1.807, 2.05) is 6.07 Å². The second kappa shape index (κ2) is 7.47. The summed E-state index contributed by atoms with van der Waals surface area (Å²) in [6.45, 7) is 5.18. The van der Waals surface area contributed by atoms with Crippen LogP contribution in [0.4, 0.5) is 0 Å². The molecular weight excluding hydrogens is 184 g/mol. The van der Waals surface area contributed by atoms with Crippen LogP contribution in [-0.4, -0.2) is 6.10 Å². The van der Waals surface area contributed by atoms with Crippen molar-refractivity contribution in [1.82, 2.24) is 0 Å². The fraction of sp³-hybridized carbons (Fsp3) is 0.571. The van der Waals surface area contributed by atoms with E-state index in [0.29, 0.717) is 6.10 Å². The Morgan fingerprint density at radius 1 is 1.13 bits per heavy atom. The molecule has 0 saturated heterocycles. The number of hydrogen-bond donors (Lipinski definition) is 0. The van der Waals surface area contributed by atoms with Gasteiger partial charge in [-0.1, -0.05) is 57.0 Å². The summed E-state index contributed by atoms with van der Waals surface area (Å²) in [6, 6.07) is 10.4. The highest BCUT2D eigenvalue weighted by molar-refractivity contribution is 5.13. The molecule has 0 N–H and O–H groups in total. The van der Waals surface area contributed by atoms with Crippen molar-refractivity contribution in [2.45, 2.75) is 52.2 Å². The second-order valence-corrected chi connectivity index (χ2v) is 3.97. The Hall–Kier alpha value is -0.820. The minimum Gasteiger partial charge on any atom is -0.374 e. The summed E-state index contributed by atoms with van der Waals surface area (Å²) < 4.78 is 5.88. The lowest BCUT2D eigenvalue weighted by atomic mass is 10.1. The van der Waals surface area contributed by atoms with Crippen LogP contribution in [0.2, 0.25) is 0 Å². The molecule has 0 spiro atoms. The smallest absolute Gasteiger partial charge is 0.0720 e. The number of hydrogen-bond acceptors (Lipinski definition) is 1. The van der Waals surface area contributed by atoms with E-state index in [-0.39, 0.29) is 0 Å². The lowest BCUT2D eigenvalue weighted by molar-refractivity contribution is 0.0312. The van der Waals surface area contributed by atoms with Gasteiger partial charge in [-0.25, -0.2) is 0 Å². The maximum Gasteiger partial charge on any atom is 0.0720 e. The second-order valence-electron chi connectivity index (χ2n) is 3.97. The van der Waals surface area contributed by atoms with Crippen molar-refractivity contribution in [2.75, 3.05) is 0 Å². The molecule has 0 saturated carbocycles. The Balaban J connectivity index is 2.28. The lowest BCUT2D eigenvalue weighted by Gasteiger charge is -2.15. The van der Waals surface area contributed by atoms with Crippen molar-refractivity contribution < 1.29 is 4.74 Å². The van der Waals surface area contributed by atoms with Crippen molar-refractivity contribution in [1.29, 1.82) is 0 Å². The van der Waals surface area contributed by atoms with E-state index < -0.39 is 0 Å². The molecular formula is C14H22O. The van der Waals surface area contributed by atoms with Gasteiger partial charge in [-0.05, 0) is 18.4 Å². The van der Waals surface area contributed by atoms with Gasteiger partial charge < -0.3 is 4.74 Å². The average Bonchev–Trinajstić information content (AvgIpc) is 2.31. The molecule has 0 radical (unpaired) electrons. The molecule has 1 aromatic rings. The Labute approximate surface area is 93.5 Å². The van der Waals surface area contributed by atoms with E-state index in [0.717, 1.165) is 13.0 Å². The lowest BCUT2D eigenvalue weighted by Crippen LogP contribution is -2.11. The Kier molecular flexibility index (Phi) is 6.10. The zero-order valence-electron chi connectivity index (χ0n) is 9.91. The summed E-state index contributed by atoms with van der Waals surface area (Å²) >= 11 is 0. The predicted molar refractivity (Wildman–Crippen MR) is 64.8 cm³/mol. The molecule has 0 amide bonds. The van der Waals surface area contributed by atoms with Gasteiger partial charge >= 0.3 is 0 Å². The molecule has 1 rings (SSSR count). The van der Waals surface area contributed by atoms with Crippen LogP contribution in [0.1, 0.15) is 45.1 Å². The Morgan fingerprint density at radius 3 is 2.47 bits per heavy atom. The number of benzene rings is 1. The van der Waals surface area contributed by atoms with Gasteiger partial charge in [0.2, 0.25) is 0 Å². The topological polar surface area (TPSA) is 9.23 Å². The van der Waals surface area contributed by atoms with E-state index in [2.05, 4.69) is 38.1 Å². The van der Waals surface area contributed by atoms with Gasteiger partial charge in [0.25, 0.3) is 0 Å². The van der Waals surface area contributed by atoms with Crippen LogP contribution in [-0.2, 0) is 11.3 Å². The zero-order chi connectivity index (χ0) is 10.9. The van der Waals surface area contributed by atoms with E-state index in [9.17, 15) is 0 Å². The van der Waals surface area contributed by atoms with Crippen LogP contribution in [0.3, 0.4) is 0 Å². The third kappa shape index (κ3) is 4.98. The summed E-state index contributed by atoms with van der Waals surface area (Å²) in [5, 5.41) is 0. The van der Waals surface area contributed by atoms with Crippen molar-refractivity contribution in [3.05, 3.63) is 35.9 Å². The van der Waals surface area contributed by atoms with E-state index in [1.165, 1.54) is 24.8 Å². The van der Waals surface area contributed by atoms with Gasteiger partial charge in [0.15, 0.2) is 0 Å². The minimum atomic E-state index is 0.435. The van der Waals surface area contributed by atoms with Crippen LogP contribution in [0.5, 0.6) is 0 Å². The summed E-state index contributed by atoms with van der Waals surface area (Å²) in [4.78, 5) is 0. The molecule has 0 aliphatic heterocycles. The normalized spacial score (nSPS) is 12.7. The first-order chi connectivity index (χ1) is 7.36. The molecule has 1 atom stereocenters. The molecule has 0 unspecified atom stereocenters. The van der Waals surface area contributed by atoms with Crippen molar-refractivity contribution >= 4 is 0 Å². The van der Waals surface area contributed by atoms with Crippen LogP contribution >= 0.6 is 0 Å². The van der Waals surface area contributed by atoms with Crippen LogP contribution in [0.15, 0.2) is 30.3 Å². The summed E-state index contributed by atoms with van der Waals surface area (Å²) in [5.74, 6) is 0. The Bertz CT molecular complexity index is 243. The first-order valence-corrected chi connectivity index (χ1v) is 6.02. The third-order valence-electron chi connectivity index (χ3n) is 2.66. The fourth-order valence-electron chi connectivity index (χ4n) is 1.63. The van der Waals surface area contributed by atoms with Gasteiger partial charge in [-0.2, -0.15) is 0 Å². The largest absolute Gasteiger partial charge is 0.374 e. The fourth-order valence-corrected chi connectivity index (χ4v) is 1.63. The minimum absolute atomic E-state index is 0.435. The van der Waals surface area contributed by atoms with Crippen LogP contribution in [0.25, 0.3) is 0 Å². The highest BCUT2D eigenvalue weighted by Gasteiger charge is 2.05. The third-order valence-corrected chi connectivity index (χ3v) is 2.66. The maximum absolute atomic E-state index is 5.88. The number of unbranched alkanes of at least 4 members (excludes halogenated alkanes) is 1. The standard InChI is InChI=1S/C14H22O/c1-3-5-11-14(4-2)15-12-13-9-7-6-8-10-13/h6-10,14H,3-5,11-12H2,1-2H3/t14-/m1/s1. The predicted octanol–water partition coefficient (Wildman–Crippen LogP) is 4.17. The summed E-state index contributed by atoms with van der Waals surface area (Å²) in [6.07, 6.45) is 5.27. The average molecular weight is 206 g/mol. The molecule has 1 heteroatoms. The van der Waals surface area contributed by atoms with Crippen molar-refractivity contribution in [3.63, 3.8) is 0 Å². The van der Waals surface area contributed by atoms with Gasteiger partial charge in [0.1, 0.15) is 0 Å². The molecule has 1 nitrogen and oxygen atoms in total. The molecule has 1 aromatic carbocycles. The SMILES string of the molecule is CCCC[C@@H](CC)OCc1ccccc1.